The van der Waals surface area contributed by atoms with Crippen molar-refractivity contribution in [1.82, 2.24) is 4.90 Å². The number of thiophene rings is 1. The molecule has 3 nitrogen and oxygen atoms in total. The van der Waals surface area contributed by atoms with Gasteiger partial charge in [-0.15, -0.1) is 11.3 Å². The highest BCUT2D eigenvalue weighted by Crippen LogP contribution is 2.17. The van der Waals surface area contributed by atoms with Gasteiger partial charge in [0.25, 0.3) is 0 Å². The molecule has 0 aromatic carbocycles. The molecule has 1 aromatic heterocycles. The summed E-state index contributed by atoms with van der Waals surface area (Å²) in [5, 5.41) is 0. The first kappa shape index (κ1) is 9.83. The van der Waals surface area contributed by atoms with Crippen molar-refractivity contribution >= 4 is 17.6 Å². The van der Waals surface area contributed by atoms with Crippen molar-refractivity contribution < 1.29 is 9.53 Å². The summed E-state index contributed by atoms with van der Waals surface area (Å²) < 4.78 is 5.27. The van der Waals surface area contributed by atoms with E-state index < -0.39 is 0 Å². The molecule has 0 saturated carbocycles. The lowest BCUT2D eigenvalue weighted by molar-refractivity contribution is 0.0346. The van der Waals surface area contributed by atoms with Crippen molar-refractivity contribution in [2.24, 2.45) is 0 Å². The Balaban J connectivity index is 1.92. The summed E-state index contributed by atoms with van der Waals surface area (Å²) >= 11 is 1.58. The van der Waals surface area contributed by atoms with Gasteiger partial charge in [0.1, 0.15) is 0 Å². The molecule has 1 aliphatic rings. The fourth-order valence-corrected chi connectivity index (χ4v) is 2.39. The first-order valence-electron chi connectivity index (χ1n) is 4.72. The van der Waals surface area contributed by atoms with E-state index in [2.05, 4.69) is 4.90 Å². The van der Waals surface area contributed by atoms with Gasteiger partial charge in [-0.3, -0.25) is 9.69 Å². The third-order valence-corrected chi connectivity index (χ3v) is 3.28. The Kier molecular flexibility index (Phi) is 3.29. The third-order valence-electron chi connectivity index (χ3n) is 2.28. The van der Waals surface area contributed by atoms with Gasteiger partial charge in [0.2, 0.25) is 0 Å². The van der Waals surface area contributed by atoms with Crippen molar-refractivity contribution in [2.75, 3.05) is 26.3 Å². The van der Waals surface area contributed by atoms with Gasteiger partial charge in [0, 0.05) is 24.5 Å². The molecule has 0 N–H and O–H groups in total. The number of morpholine rings is 1. The lowest BCUT2D eigenvalue weighted by Crippen LogP contribution is -2.35. The molecule has 14 heavy (non-hydrogen) atoms. The molecule has 0 atom stereocenters. The summed E-state index contributed by atoms with van der Waals surface area (Å²) in [6.45, 7) is 4.59. The zero-order chi connectivity index (χ0) is 9.80. The van der Waals surface area contributed by atoms with E-state index in [0.717, 1.165) is 44.0 Å². The molecule has 1 aliphatic heterocycles. The van der Waals surface area contributed by atoms with E-state index in [0.29, 0.717) is 0 Å². The van der Waals surface area contributed by atoms with Gasteiger partial charge < -0.3 is 4.74 Å². The van der Waals surface area contributed by atoms with E-state index >= 15 is 0 Å². The summed E-state index contributed by atoms with van der Waals surface area (Å²) in [4.78, 5) is 14.9. The van der Waals surface area contributed by atoms with Gasteiger partial charge in [-0.05, 0) is 12.1 Å². The molecule has 1 saturated heterocycles. The van der Waals surface area contributed by atoms with Gasteiger partial charge >= 0.3 is 0 Å². The van der Waals surface area contributed by atoms with Crippen molar-refractivity contribution in [3.63, 3.8) is 0 Å². The lowest BCUT2D eigenvalue weighted by atomic mass is 10.3. The molecule has 4 heteroatoms. The number of nitrogens with zero attached hydrogens (tertiary/aromatic N) is 1. The van der Waals surface area contributed by atoms with Crippen LogP contribution in [-0.2, 0) is 11.3 Å². The second-order valence-corrected chi connectivity index (χ2v) is 4.51. The molecule has 0 aliphatic carbocycles. The molecular formula is C10H13NO2S. The van der Waals surface area contributed by atoms with Crippen LogP contribution in [0.3, 0.4) is 0 Å². The highest BCUT2D eigenvalue weighted by Gasteiger charge is 2.11. The molecule has 0 unspecified atom stereocenters. The summed E-state index contributed by atoms with van der Waals surface area (Å²) in [6.07, 6.45) is 0.910. The van der Waals surface area contributed by atoms with Crippen molar-refractivity contribution in [3.8, 4) is 0 Å². The van der Waals surface area contributed by atoms with Gasteiger partial charge in [-0.2, -0.15) is 0 Å². The van der Waals surface area contributed by atoms with Crippen molar-refractivity contribution in [1.29, 1.82) is 0 Å². The van der Waals surface area contributed by atoms with Crippen LogP contribution in [0.25, 0.3) is 0 Å². The molecule has 2 heterocycles. The van der Waals surface area contributed by atoms with Crippen LogP contribution in [0.1, 0.15) is 14.5 Å². The summed E-state index contributed by atoms with van der Waals surface area (Å²) in [5.41, 5.74) is 0. The number of rotatable bonds is 3. The standard InChI is InChI=1S/C10H13NO2S/c12-8-10-2-1-9(14-10)7-11-3-5-13-6-4-11/h1-2,8H,3-7H2. The second-order valence-electron chi connectivity index (χ2n) is 3.31. The van der Waals surface area contributed by atoms with E-state index in [-0.39, 0.29) is 0 Å². The Labute approximate surface area is 87.3 Å². The zero-order valence-electron chi connectivity index (χ0n) is 7.94. The Hall–Kier alpha value is -0.710. The SMILES string of the molecule is O=Cc1ccc(CN2CCOCC2)s1. The Morgan fingerprint density at radius 3 is 2.86 bits per heavy atom. The fourth-order valence-electron chi connectivity index (χ4n) is 1.52. The Morgan fingerprint density at radius 2 is 2.21 bits per heavy atom. The minimum Gasteiger partial charge on any atom is -0.379 e. The maximum absolute atomic E-state index is 10.5. The van der Waals surface area contributed by atoms with Crippen LogP contribution < -0.4 is 0 Å². The van der Waals surface area contributed by atoms with Gasteiger partial charge in [0.05, 0.1) is 18.1 Å². The summed E-state index contributed by atoms with van der Waals surface area (Å²) in [5.74, 6) is 0. The number of aldehydes is 1. The maximum atomic E-state index is 10.5. The number of ether oxygens (including phenoxy) is 1. The highest BCUT2D eigenvalue weighted by molar-refractivity contribution is 7.13. The van der Waals surface area contributed by atoms with E-state index in [1.54, 1.807) is 11.3 Å². The van der Waals surface area contributed by atoms with Crippen LogP contribution in [0, 0.1) is 0 Å². The van der Waals surface area contributed by atoms with Crippen LogP contribution >= 0.6 is 11.3 Å². The smallest absolute Gasteiger partial charge is 0.160 e. The Bertz CT molecular complexity index is 305. The predicted molar refractivity (Wildman–Crippen MR) is 55.8 cm³/mol. The quantitative estimate of drug-likeness (QED) is 0.708. The first-order chi connectivity index (χ1) is 6.88. The summed E-state index contributed by atoms with van der Waals surface area (Å²) in [6, 6.07) is 3.91. The Morgan fingerprint density at radius 1 is 1.43 bits per heavy atom. The average Bonchev–Trinajstić information content (AvgIpc) is 2.67. The fraction of sp³-hybridized carbons (Fsp3) is 0.500. The van der Waals surface area contributed by atoms with E-state index in [4.69, 9.17) is 4.74 Å². The second kappa shape index (κ2) is 4.68. The van der Waals surface area contributed by atoms with Crippen molar-refractivity contribution in [3.05, 3.63) is 21.9 Å². The van der Waals surface area contributed by atoms with E-state index in [9.17, 15) is 4.79 Å². The molecule has 0 amide bonds. The maximum Gasteiger partial charge on any atom is 0.160 e. The molecule has 1 aromatic rings. The highest BCUT2D eigenvalue weighted by atomic mass is 32.1. The molecule has 0 bridgehead atoms. The van der Waals surface area contributed by atoms with Crippen LogP contribution in [-0.4, -0.2) is 37.5 Å². The van der Waals surface area contributed by atoms with E-state index in [1.165, 1.54) is 4.88 Å². The van der Waals surface area contributed by atoms with Crippen LogP contribution in [0.4, 0.5) is 0 Å². The predicted octanol–water partition coefficient (Wildman–Crippen LogP) is 1.39. The van der Waals surface area contributed by atoms with Gasteiger partial charge in [0.15, 0.2) is 6.29 Å². The molecule has 1 fully saturated rings. The first-order valence-corrected chi connectivity index (χ1v) is 5.54. The van der Waals surface area contributed by atoms with Gasteiger partial charge in [-0.25, -0.2) is 0 Å². The van der Waals surface area contributed by atoms with E-state index in [1.807, 2.05) is 12.1 Å². The van der Waals surface area contributed by atoms with Gasteiger partial charge in [-0.1, -0.05) is 0 Å². The minimum absolute atomic E-state index is 0.813. The van der Waals surface area contributed by atoms with Crippen LogP contribution in [0.5, 0.6) is 0 Å². The summed E-state index contributed by atoms with van der Waals surface area (Å²) in [7, 11) is 0. The number of carbonyl (C=O) groups excluding carboxylic acids is 1. The van der Waals surface area contributed by atoms with Crippen LogP contribution in [0.15, 0.2) is 12.1 Å². The number of hydrogen-bond acceptors (Lipinski definition) is 4. The number of carbonyl (C=O) groups is 1. The lowest BCUT2D eigenvalue weighted by Gasteiger charge is -2.25. The average molecular weight is 211 g/mol. The zero-order valence-corrected chi connectivity index (χ0v) is 8.76. The number of hydrogen-bond donors (Lipinski definition) is 0. The normalized spacial score (nSPS) is 18.3. The molecule has 0 spiro atoms. The molecular weight excluding hydrogens is 198 g/mol. The van der Waals surface area contributed by atoms with Crippen molar-refractivity contribution in [2.45, 2.75) is 6.54 Å². The molecule has 2 rings (SSSR count). The third kappa shape index (κ3) is 2.41. The van der Waals surface area contributed by atoms with Crippen LogP contribution in [0.2, 0.25) is 0 Å². The molecule has 0 radical (unpaired) electrons. The molecule has 76 valence electrons. The monoisotopic (exact) mass is 211 g/mol. The largest absolute Gasteiger partial charge is 0.379 e. The minimum atomic E-state index is 0.813. The topological polar surface area (TPSA) is 29.5 Å².